The number of hydrogen-bond donors (Lipinski definition) is 0. The van der Waals surface area contributed by atoms with Crippen LogP contribution in [-0.2, 0) is 0 Å². The smallest absolute Gasteiger partial charge is 0.101 e. The van der Waals surface area contributed by atoms with Crippen molar-refractivity contribution in [3.63, 3.8) is 0 Å². The molecule has 1 aliphatic rings. The Bertz CT molecular complexity index is 450. The van der Waals surface area contributed by atoms with E-state index >= 15 is 0 Å². The summed E-state index contributed by atoms with van der Waals surface area (Å²) in [6.07, 6.45) is 2.38. The fraction of sp³-hybridized carbons (Fsp3) is 0.500. The summed E-state index contributed by atoms with van der Waals surface area (Å²) in [4.78, 5) is 2.33. The number of halogens is 1. The van der Waals surface area contributed by atoms with Crippen LogP contribution in [0.3, 0.4) is 0 Å². The summed E-state index contributed by atoms with van der Waals surface area (Å²) in [6, 6.07) is 8.31. The molecule has 0 bridgehead atoms. The Morgan fingerprint density at radius 3 is 2.82 bits per heavy atom. The van der Waals surface area contributed by atoms with Gasteiger partial charge < -0.3 is 4.90 Å². The number of hydrogen-bond acceptors (Lipinski definition) is 2. The molecular weight excluding hydrogens is 232 g/mol. The van der Waals surface area contributed by atoms with Gasteiger partial charge in [-0.3, -0.25) is 0 Å². The van der Waals surface area contributed by atoms with Crippen LogP contribution in [0.15, 0.2) is 18.2 Å². The van der Waals surface area contributed by atoms with Gasteiger partial charge in [-0.1, -0.05) is 18.5 Å². The molecule has 0 saturated carbocycles. The second kappa shape index (κ2) is 4.98. The second-order valence-electron chi connectivity index (χ2n) is 4.95. The van der Waals surface area contributed by atoms with E-state index in [4.69, 9.17) is 11.6 Å². The highest BCUT2D eigenvalue weighted by Crippen LogP contribution is 2.31. The average Bonchev–Trinajstić information content (AvgIpc) is 2.30. The SMILES string of the molecule is CC1CCN(c2ccc(Cl)cc2C#N)C(C)C1. The summed E-state index contributed by atoms with van der Waals surface area (Å²) in [5.41, 5.74) is 1.70. The Balaban J connectivity index is 2.31. The van der Waals surface area contributed by atoms with Gasteiger partial charge in [0.05, 0.1) is 11.3 Å². The fourth-order valence-electron chi connectivity index (χ4n) is 2.61. The van der Waals surface area contributed by atoms with E-state index in [0.717, 1.165) is 18.2 Å². The zero-order valence-corrected chi connectivity index (χ0v) is 11.0. The number of nitrogens with zero attached hydrogens (tertiary/aromatic N) is 2. The minimum absolute atomic E-state index is 0.493. The topological polar surface area (TPSA) is 27.0 Å². The first-order valence-corrected chi connectivity index (χ1v) is 6.46. The lowest BCUT2D eigenvalue weighted by Gasteiger charge is -2.38. The minimum atomic E-state index is 0.493. The monoisotopic (exact) mass is 248 g/mol. The van der Waals surface area contributed by atoms with E-state index in [9.17, 15) is 5.26 Å². The van der Waals surface area contributed by atoms with E-state index in [1.54, 1.807) is 6.07 Å². The molecule has 1 heterocycles. The standard InChI is InChI=1S/C14H17ClN2/c1-10-5-6-17(11(2)7-10)14-4-3-13(15)8-12(14)9-16/h3-4,8,10-11H,5-7H2,1-2H3. The molecule has 1 saturated heterocycles. The number of piperidine rings is 1. The van der Waals surface area contributed by atoms with Crippen LogP contribution >= 0.6 is 11.6 Å². The molecular formula is C14H17ClN2. The van der Waals surface area contributed by atoms with Crippen molar-refractivity contribution >= 4 is 17.3 Å². The molecule has 17 heavy (non-hydrogen) atoms. The number of rotatable bonds is 1. The lowest BCUT2D eigenvalue weighted by molar-refractivity contribution is 0.378. The third-order valence-electron chi connectivity index (χ3n) is 3.53. The zero-order chi connectivity index (χ0) is 12.4. The average molecular weight is 249 g/mol. The molecule has 0 spiro atoms. The van der Waals surface area contributed by atoms with Gasteiger partial charge in [0.25, 0.3) is 0 Å². The summed E-state index contributed by atoms with van der Waals surface area (Å²) < 4.78 is 0. The number of nitriles is 1. The van der Waals surface area contributed by atoms with Gasteiger partial charge in [-0.25, -0.2) is 0 Å². The van der Waals surface area contributed by atoms with Crippen molar-refractivity contribution in [2.45, 2.75) is 32.7 Å². The third kappa shape index (κ3) is 2.56. The maximum atomic E-state index is 9.18. The van der Waals surface area contributed by atoms with Crippen molar-refractivity contribution in [1.29, 1.82) is 5.26 Å². The molecule has 90 valence electrons. The predicted octanol–water partition coefficient (Wildman–Crippen LogP) is 3.84. The molecule has 2 nitrogen and oxygen atoms in total. The molecule has 1 aliphatic heterocycles. The van der Waals surface area contributed by atoms with E-state index in [0.29, 0.717) is 16.6 Å². The maximum Gasteiger partial charge on any atom is 0.101 e. The van der Waals surface area contributed by atoms with Crippen molar-refractivity contribution < 1.29 is 0 Å². The molecule has 0 amide bonds. The van der Waals surface area contributed by atoms with Gasteiger partial charge >= 0.3 is 0 Å². The van der Waals surface area contributed by atoms with Crippen molar-refractivity contribution in [2.24, 2.45) is 5.92 Å². The van der Waals surface area contributed by atoms with Crippen LogP contribution in [0.25, 0.3) is 0 Å². The van der Waals surface area contributed by atoms with Gasteiger partial charge in [0, 0.05) is 17.6 Å². The lowest BCUT2D eigenvalue weighted by atomic mass is 9.92. The summed E-state index contributed by atoms with van der Waals surface area (Å²) in [5.74, 6) is 0.777. The van der Waals surface area contributed by atoms with Gasteiger partial charge in [0.15, 0.2) is 0 Å². The van der Waals surface area contributed by atoms with Crippen molar-refractivity contribution in [3.05, 3.63) is 28.8 Å². The van der Waals surface area contributed by atoms with Gasteiger partial charge in [0.1, 0.15) is 6.07 Å². The highest BCUT2D eigenvalue weighted by Gasteiger charge is 2.24. The van der Waals surface area contributed by atoms with Crippen LogP contribution in [0.4, 0.5) is 5.69 Å². The summed E-state index contributed by atoms with van der Waals surface area (Å²) in [7, 11) is 0. The van der Waals surface area contributed by atoms with E-state index in [1.165, 1.54) is 12.8 Å². The molecule has 0 aromatic heterocycles. The Morgan fingerprint density at radius 2 is 2.18 bits per heavy atom. The van der Waals surface area contributed by atoms with Gasteiger partial charge in [-0.2, -0.15) is 5.26 Å². The van der Waals surface area contributed by atoms with Gasteiger partial charge in [0.2, 0.25) is 0 Å². The summed E-state index contributed by atoms with van der Waals surface area (Å²) >= 11 is 5.92. The predicted molar refractivity (Wildman–Crippen MR) is 71.4 cm³/mol. The summed E-state index contributed by atoms with van der Waals surface area (Å²) in [6.45, 7) is 5.55. The molecule has 1 aromatic carbocycles. The molecule has 1 fully saturated rings. The van der Waals surface area contributed by atoms with Crippen LogP contribution in [0.1, 0.15) is 32.3 Å². The first kappa shape index (κ1) is 12.3. The van der Waals surface area contributed by atoms with Crippen molar-refractivity contribution in [3.8, 4) is 6.07 Å². The van der Waals surface area contributed by atoms with Gasteiger partial charge in [-0.15, -0.1) is 0 Å². The quantitative estimate of drug-likeness (QED) is 0.755. The minimum Gasteiger partial charge on any atom is -0.368 e. The molecule has 0 aliphatic carbocycles. The van der Waals surface area contributed by atoms with E-state index in [-0.39, 0.29) is 0 Å². The molecule has 2 unspecified atom stereocenters. The maximum absolute atomic E-state index is 9.18. The fourth-order valence-corrected chi connectivity index (χ4v) is 2.79. The number of anilines is 1. The molecule has 1 aromatic rings. The lowest BCUT2D eigenvalue weighted by Crippen LogP contribution is -2.40. The summed E-state index contributed by atoms with van der Waals surface area (Å²) in [5, 5.41) is 9.80. The third-order valence-corrected chi connectivity index (χ3v) is 3.76. The molecule has 0 N–H and O–H groups in total. The molecule has 2 rings (SSSR count). The van der Waals surface area contributed by atoms with Crippen LogP contribution in [-0.4, -0.2) is 12.6 Å². The zero-order valence-electron chi connectivity index (χ0n) is 10.3. The molecule has 3 heteroatoms. The Kier molecular flexibility index (Phi) is 3.59. The van der Waals surface area contributed by atoms with Crippen LogP contribution in [0, 0.1) is 17.2 Å². The van der Waals surface area contributed by atoms with E-state index in [1.807, 2.05) is 12.1 Å². The Morgan fingerprint density at radius 1 is 1.41 bits per heavy atom. The molecule has 0 radical (unpaired) electrons. The van der Waals surface area contributed by atoms with Gasteiger partial charge in [-0.05, 0) is 43.9 Å². The highest BCUT2D eigenvalue weighted by atomic mass is 35.5. The van der Waals surface area contributed by atoms with Crippen molar-refractivity contribution in [2.75, 3.05) is 11.4 Å². The van der Waals surface area contributed by atoms with Crippen LogP contribution < -0.4 is 4.90 Å². The van der Waals surface area contributed by atoms with E-state index < -0.39 is 0 Å². The molecule has 2 atom stereocenters. The van der Waals surface area contributed by atoms with Crippen LogP contribution in [0.5, 0.6) is 0 Å². The second-order valence-corrected chi connectivity index (χ2v) is 5.38. The first-order chi connectivity index (χ1) is 8.11. The normalized spacial score (nSPS) is 24.5. The first-order valence-electron chi connectivity index (χ1n) is 6.08. The Hall–Kier alpha value is -1.20. The number of benzene rings is 1. The highest BCUT2D eigenvalue weighted by molar-refractivity contribution is 6.30. The van der Waals surface area contributed by atoms with E-state index in [2.05, 4.69) is 24.8 Å². The Labute approximate surface area is 108 Å². The van der Waals surface area contributed by atoms with Crippen LogP contribution in [0.2, 0.25) is 5.02 Å². The largest absolute Gasteiger partial charge is 0.368 e. The van der Waals surface area contributed by atoms with Crippen molar-refractivity contribution in [1.82, 2.24) is 0 Å².